The molecule has 3 rings (SSSR count). The molecule has 0 saturated heterocycles. The number of nitrogens with one attached hydrogen (secondary N) is 2. The summed E-state index contributed by atoms with van der Waals surface area (Å²) in [5.41, 5.74) is -1.96. The Kier molecular flexibility index (Phi) is 9.21. The molecule has 40 heavy (non-hydrogen) atoms. The summed E-state index contributed by atoms with van der Waals surface area (Å²) >= 11 is 0. The van der Waals surface area contributed by atoms with Crippen LogP contribution in [0.15, 0.2) is 36.4 Å². The molecule has 0 atom stereocenters. The molecule has 0 bridgehead atoms. The van der Waals surface area contributed by atoms with E-state index in [9.17, 15) is 41.1 Å². The number of hydrogen-bond acceptors (Lipinski definition) is 5. The summed E-state index contributed by atoms with van der Waals surface area (Å²) in [6.45, 7) is 3.04. The van der Waals surface area contributed by atoms with E-state index >= 15 is 0 Å². The molecule has 0 unspecified atom stereocenters. The molecule has 2 N–H and O–H groups in total. The lowest BCUT2D eigenvalue weighted by Crippen LogP contribution is -2.39. The summed E-state index contributed by atoms with van der Waals surface area (Å²) < 4.78 is 75.8. The van der Waals surface area contributed by atoms with E-state index in [1.807, 2.05) is 10.6 Å². The van der Waals surface area contributed by atoms with Crippen LogP contribution < -0.4 is 15.4 Å². The third-order valence-electron chi connectivity index (χ3n) is 5.89. The fourth-order valence-electron chi connectivity index (χ4n) is 4.15. The standard InChI is InChI=1S/C26H25BF5N3O5/c1-14(2)40-17-6-8-19(20(11-17)26(30,31)32)25(28,29)23(38)33-12-15-5-7-18-16(10-15)13-35(22(18)37)9-3-4-21(36)34-24(27)39/h5-8,10-11,14H,3-4,9,12-13H2,1-2H3,(H,33,38)(H,34,36,39). The summed E-state index contributed by atoms with van der Waals surface area (Å²) in [6.07, 6.45) is -5.46. The lowest BCUT2D eigenvalue weighted by atomic mass is 9.99. The van der Waals surface area contributed by atoms with E-state index in [1.165, 1.54) is 23.1 Å². The number of alkyl halides is 5. The minimum atomic E-state index is -5.17. The number of amides is 4. The van der Waals surface area contributed by atoms with Gasteiger partial charge in [0, 0.05) is 37.2 Å². The van der Waals surface area contributed by atoms with E-state index in [-0.39, 0.29) is 37.6 Å². The summed E-state index contributed by atoms with van der Waals surface area (Å²) in [5, 5.41) is 3.89. The van der Waals surface area contributed by atoms with Gasteiger partial charge in [0.2, 0.25) is 13.8 Å². The first-order valence-electron chi connectivity index (χ1n) is 12.1. The van der Waals surface area contributed by atoms with Gasteiger partial charge in [-0.25, -0.2) is 0 Å². The van der Waals surface area contributed by atoms with E-state index in [2.05, 4.69) is 0 Å². The van der Waals surface area contributed by atoms with Crippen LogP contribution in [0.3, 0.4) is 0 Å². The van der Waals surface area contributed by atoms with Gasteiger partial charge in [0.25, 0.3) is 11.8 Å². The van der Waals surface area contributed by atoms with Gasteiger partial charge in [0.05, 0.1) is 11.7 Å². The van der Waals surface area contributed by atoms with Crippen LogP contribution in [0.5, 0.6) is 5.75 Å². The molecule has 1 heterocycles. The zero-order valence-corrected chi connectivity index (χ0v) is 21.5. The predicted molar refractivity (Wildman–Crippen MR) is 133 cm³/mol. The smallest absolute Gasteiger partial charge is 0.417 e. The predicted octanol–water partition coefficient (Wildman–Crippen LogP) is 4.04. The van der Waals surface area contributed by atoms with Crippen LogP contribution in [-0.4, -0.2) is 48.9 Å². The second-order valence-corrected chi connectivity index (χ2v) is 9.36. The van der Waals surface area contributed by atoms with Gasteiger partial charge in [-0.15, -0.1) is 0 Å². The summed E-state index contributed by atoms with van der Waals surface area (Å²) in [4.78, 5) is 48.6. The summed E-state index contributed by atoms with van der Waals surface area (Å²) in [5.74, 6) is -8.60. The first kappa shape index (κ1) is 30.6. The zero-order chi connectivity index (χ0) is 29.8. The molecule has 2 radical (unpaired) electrons. The maximum absolute atomic E-state index is 14.9. The zero-order valence-electron chi connectivity index (χ0n) is 21.5. The van der Waals surface area contributed by atoms with Crippen LogP contribution in [0.1, 0.15) is 59.3 Å². The Morgan fingerprint density at radius 2 is 1.75 bits per heavy atom. The number of hydrogen-bond donors (Lipinski definition) is 2. The Morgan fingerprint density at radius 1 is 1.05 bits per heavy atom. The summed E-state index contributed by atoms with van der Waals surface area (Å²) in [6, 6.07) is 6.30. The number of carbonyl (C=O) groups is 4. The van der Waals surface area contributed by atoms with Crippen LogP contribution in [-0.2, 0) is 34.8 Å². The Balaban J connectivity index is 1.66. The normalized spacial score (nSPS) is 13.3. The van der Waals surface area contributed by atoms with E-state index in [1.54, 1.807) is 13.8 Å². The van der Waals surface area contributed by atoms with Crippen molar-refractivity contribution in [2.24, 2.45) is 0 Å². The van der Waals surface area contributed by atoms with Crippen LogP contribution in [0, 0.1) is 0 Å². The molecule has 1 aliphatic heterocycles. The molecule has 0 aromatic heterocycles. The largest absolute Gasteiger partial charge is 0.491 e. The molecular formula is C26H25BF5N3O5. The average molecular weight is 565 g/mol. The maximum Gasteiger partial charge on any atom is 0.417 e. The molecule has 1 aliphatic rings. The highest BCUT2D eigenvalue weighted by molar-refractivity contribution is 6.58. The Bertz CT molecular complexity index is 1320. The molecule has 212 valence electrons. The highest BCUT2D eigenvalue weighted by Crippen LogP contribution is 2.41. The van der Waals surface area contributed by atoms with Gasteiger partial charge < -0.3 is 20.3 Å². The summed E-state index contributed by atoms with van der Waals surface area (Å²) in [7, 11) is 4.87. The van der Waals surface area contributed by atoms with Crippen LogP contribution in [0.2, 0.25) is 0 Å². The van der Waals surface area contributed by atoms with Crippen LogP contribution >= 0.6 is 0 Å². The number of halogens is 5. The minimum absolute atomic E-state index is 0.0436. The van der Waals surface area contributed by atoms with Crippen molar-refractivity contribution in [3.05, 3.63) is 64.2 Å². The van der Waals surface area contributed by atoms with Gasteiger partial charge in [0.15, 0.2) is 5.81 Å². The van der Waals surface area contributed by atoms with Crippen LogP contribution in [0.25, 0.3) is 0 Å². The number of nitrogens with zero attached hydrogens (tertiary/aromatic N) is 1. The Morgan fingerprint density at radius 3 is 2.38 bits per heavy atom. The van der Waals surface area contributed by atoms with Gasteiger partial charge in [-0.3, -0.25) is 19.2 Å². The number of imide groups is 1. The van der Waals surface area contributed by atoms with Crippen molar-refractivity contribution >= 4 is 31.4 Å². The van der Waals surface area contributed by atoms with Gasteiger partial charge in [-0.1, -0.05) is 12.1 Å². The number of ether oxygens (including phenoxy) is 1. The molecule has 8 nitrogen and oxygen atoms in total. The molecule has 4 amide bonds. The molecule has 0 fully saturated rings. The molecule has 2 aromatic carbocycles. The third kappa shape index (κ3) is 7.36. The Hall–Kier alpha value is -3.97. The number of fused-ring (bicyclic) bond motifs is 1. The lowest BCUT2D eigenvalue weighted by molar-refractivity contribution is -0.153. The van der Waals surface area contributed by atoms with Crippen molar-refractivity contribution in [2.45, 2.75) is 58.0 Å². The molecule has 0 spiro atoms. The van der Waals surface area contributed by atoms with Crippen molar-refractivity contribution in [3.8, 4) is 5.75 Å². The minimum Gasteiger partial charge on any atom is -0.491 e. The maximum atomic E-state index is 14.9. The Labute approximate surface area is 227 Å². The molecule has 2 aromatic rings. The van der Waals surface area contributed by atoms with Crippen molar-refractivity contribution in [1.82, 2.24) is 15.5 Å². The first-order chi connectivity index (χ1) is 18.6. The van der Waals surface area contributed by atoms with Gasteiger partial charge in [-0.2, -0.15) is 22.0 Å². The quantitative estimate of drug-likeness (QED) is 0.335. The van der Waals surface area contributed by atoms with E-state index < -0.39 is 53.5 Å². The van der Waals surface area contributed by atoms with Crippen molar-refractivity contribution in [2.75, 3.05) is 6.54 Å². The average Bonchev–Trinajstić information content (AvgIpc) is 3.15. The van der Waals surface area contributed by atoms with Crippen LogP contribution in [0.4, 0.5) is 26.7 Å². The third-order valence-corrected chi connectivity index (χ3v) is 5.89. The molecule has 0 aliphatic carbocycles. The number of benzene rings is 2. The van der Waals surface area contributed by atoms with Gasteiger partial charge in [0.1, 0.15) is 5.75 Å². The van der Waals surface area contributed by atoms with Crippen molar-refractivity contribution in [1.29, 1.82) is 0 Å². The molecule has 0 saturated carbocycles. The van der Waals surface area contributed by atoms with Crippen molar-refractivity contribution < 1.29 is 45.9 Å². The highest BCUT2D eigenvalue weighted by Gasteiger charge is 2.48. The fraction of sp³-hybridized carbons (Fsp3) is 0.385. The second-order valence-electron chi connectivity index (χ2n) is 9.36. The second kappa shape index (κ2) is 12.0. The number of rotatable bonds is 10. The SMILES string of the molecule is [B]C(=O)NC(=O)CCCN1Cc2cc(CNC(=O)C(F)(F)c3ccc(OC(C)C)cc3C(F)(F)F)ccc2C1=O. The van der Waals surface area contributed by atoms with Crippen molar-refractivity contribution in [3.63, 3.8) is 0 Å². The lowest BCUT2D eigenvalue weighted by Gasteiger charge is -2.22. The van der Waals surface area contributed by atoms with Gasteiger partial charge >= 0.3 is 12.1 Å². The highest BCUT2D eigenvalue weighted by atomic mass is 19.4. The number of carbonyl (C=O) groups excluding carboxylic acids is 4. The first-order valence-corrected chi connectivity index (χ1v) is 12.1. The van der Waals surface area contributed by atoms with E-state index in [0.717, 1.165) is 6.07 Å². The van der Waals surface area contributed by atoms with Gasteiger partial charge in [-0.05, 0) is 55.7 Å². The monoisotopic (exact) mass is 565 g/mol. The van der Waals surface area contributed by atoms with E-state index in [0.29, 0.717) is 28.8 Å². The topological polar surface area (TPSA) is 105 Å². The fourth-order valence-corrected chi connectivity index (χ4v) is 4.15. The molecular weight excluding hydrogens is 540 g/mol. The molecule has 14 heteroatoms. The van der Waals surface area contributed by atoms with E-state index in [4.69, 9.17) is 12.6 Å².